The van der Waals surface area contributed by atoms with Crippen molar-refractivity contribution < 1.29 is 0 Å². The molecule has 2 fully saturated rings. The zero-order chi connectivity index (χ0) is 23.0. The zero-order valence-corrected chi connectivity index (χ0v) is 20.6. The molecule has 3 N–H and O–H groups in total. The average molecular weight is 463 g/mol. The molecule has 4 aliphatic rings. The van der Waals surface area contributed by atoms with E-state index in [0.29, 0.717) is 12.2 Å². The van der Waals surface area contributed by atoms with Crippen molar-refractivity contribution in [3.8, 4) is 0 Å². The minimum Gasteiger partial charge on any atom is -0.369 e. The maximum atomic E-state index is 3.71. The molecule has 2 aromatic carbocycles. The van der Waals surface area contributed by atoms with Crippen molar-refractivity contribution in [2.24, 2.45) is 0 Å². The van der Waals surface area contributed by atoms with Crippen molar-refractivity contribution >= 4 is 5.69 Å². The zero-order valence-electron chi connectivity index (χ0n) is 20.6. The second-order valence-corrected chi connectivity index (χ2v) is 9.99. The molecular weight excluding hydrogens is 420 g/mol. The topological polar surface area (TPSA) is 45.8 Å². The molecule has 2 atom stereocenters. The van der Waals surface area contributed by atoms with Gasteiger partial charge in [-0.25, -0.2) is 0 Å². The number of rotatable bonds is 2. The minimum atomic E-state index is 0.355. The van der Waals surface area contributed by atoms with Crippen molar-refractivity contribution in [3.63, 3.8) is 0 Å². The van der Waals surface area contributed by atoms with Crippen molar-refractivity contribution in [2.45, 2.75) is 31.5 Å². The van der Waals surface area contributed by atoms with Crippen LogP contribution in [0.5, 0.6) is 0 Å². The van der Waals surface area contributed by atoms with E-state index in [-0.39, 0.29) is 0 Å². The maximum absolute atomic E-state index is 3.71. The van der Waals surface area contributed by atoms with E-state index in [0.717, 1.165) is 78.4 Å². The van der Waals surface area contributed by atoms with Crippen LogP contribution in [0.15, 0.2) is 54.6 Å². The molecule has 4 heterocycles. The lowest BCUT2D eigenvalue weighted by atomic mass is 9.94. The molecule has 4 aliphatic heterocycles. The number of benzene rings is 2. The van der Waals surface area contributed by atoms with Gasteiger partial charge in [-0.15, -0.1) is 0 Å². The second-order valence-electron chi connectivity index (χ2n) is 9.99. The van der Waals surface area contributed by atoms with Crippen LogP contribution in [-0.2, 0) is 6.42 Å². The number of nitrogens with one attached hydrogen (secondary N) is 3. The van der Waals surface area contributed by atoms with Crippen LogP contribution in [0.25, 0.3) is 0 Å². The summed E-state index contributed by atoms with van der Waals surface area (Å²) in [7, 11) is 0. The summed E-state index contributed by atoms with van der Waals surface area (Å²) in [5.74, 6) is 0. The number of fused-ring (bicyclic) bond motifs is 2. The van der Waals surface area contributed by atoms with Gasteiger partial charge in [0.05, 0.1) is 6.17 Å². The Kier molecular flexibility index (Phi) is 8.48. The molecular formula is C28H42N6. The highest BCUT2D eigenvalue weighted by atomic mass is 15.4. The van der Waals surface area contributed by atoms with Crippen LogP contribution in [0.1, 0.15) is 30.1 Å². The molecule has 0 radical (unpaired) electrons. The van der Waals surface area contributed by atoms with Crippen LogP contribution >= 0.6 is 0 Å². The SMILES string of the molecule is c1ccc(N2CCN3C(Cc4ccc(cc4)C3N3CCCNCCNCCCNCC3)C2)cc1. The van der Waals surface area contributed by atoms with E-state index in [1.54, 1.807) is 0 Å². The largest absolute Gasteiger partial charge is 0.369 e. The summed E-state index contributed by atoms with van der Waals surface area (Å²) >= 11 is 0. The Balaban J connectivity index is 1.35. The standard InChI is InChI=1S/C28H42N6/c1-2-6-26(7-3-1)33-20-21-34-27(23-33)22-24-8-10-25(11-9-24)28(34)32-18-5-14-30-16-15-29-12-4-13-31-17-19-32/h1-3,6-11,27-31H,4-5,12-23H2. The molecule has 184 valence electrons. The van der Waals surface area contributed by atoms with Crippen LogP contribution in [0.3, 0.4) is 0 Å². The normalized spacial score (nSPS) is 26.3. The van der Waals surface area contributed by atoms with Gasteiger partial charge < -0.3 is 20.9 Å². The summed E-state index contributed by atoms with van der Waals surface area (Å²) in [6.45, 7) is 12.0. The average Bonchev–Trinajstić information content (AvgIpc) is 2.87. The second kappa shape index (κ2) is 12.1. The summed E-state index contributed by atoms with van der Waals surface area (Å²) in [6, 6.07) is 21.0. The van der Waals surface area contributed by atoms with Crippen LogP contribution < -0.4 is 20.9 Å². The van der Waals surface area contributed by atoms with Crippen molar-refractivity contribution in [1.29, 1.82) is 0 Å². The van der Waals surface area contributed by atoms with Gasteiger partial charge in [-0.05, 0) is 62.2 Å². The lowest BCUT2D eigenvalue weighted by molar-refractivity contribution is 0.00135. The third-order valence-electron chi connectivity index (χ3n) is 7.62. The van der Waals surface area contributed by atoms with E-state index in [1.807, 2.05) is 0 Å². The number of para-hydroxylation sites is 1. The highest BCUT2D eigenvalue weighted by molar-refractivity contribution is 5.47. The summed E-state index contributed by atoms with van der Waals surface area (Å²) < 4.78 is 0. The first kappa shape index (κ1) is 23.8. The first-order chi connectivity index (χ1) is 16.9. The molecule has 2 unspecified atom stereocenters. The van der Waals surface area contributed by atoms with Crippen LogP contribution in [0.4, 0.5) is 5.69 Å². The van der Waals surface area contributed by atoms with Crippen molar-refractivity contribution in [2.75, 3.05) is 76.9 Å². The fourth-order valence-electron chi connectivity index (χ4n) is 5.83. The Morgan fingerprint density at radius 1 is 0.647 bits per heavy atom. The molecule has 34 heavy (non-hydrogen) atoms. The monoisotopic (exact) mass is 462 g/mol. The van der Waals surface area contributed by atoms with Gasteiger partial charge in [0.25, 0.3) is 0 Å². The Morgan fingerprint density at radius 3 is 2.18 bits per heavy atom. The predicted molar refractivity (Wildman–Crippen MR) is 141 cm³/mol. The van der Waals surface area contributed by atoms with Crippen molar-refractivity contribution in [3.05, 3.63) is 65.7 Å². The number of hydrogen-bond donors (Lipinski definition) is 3. The van der Waals surface area contributed by atoms with E-state index in [4.69, 9.17) is 0 Å². The maximum Gasteiger partial charge on any atom is 0.0890 e. The quantitative estimate of drug-likeness (QED) is 0.637. The first-order valence-electron chi connectivity index (χ1n) is 13.4. The summed E-state index contributed by atoms with van der Waals surface area (Å²) in [5.41, 5.74) is 4.28. The summed E-state index contributed by atoms with van der Waals surface area (Å²) in [6.07, 6.45) is 3.85. The lowest BCUT2D eigenvalue weighted by Gasteiger charge is -2.50. The van der Waals surface area contributed by atoms with Gasteiger partial charge in [0.2, 0.25) is 0 Å². The molecule has 0 spiro atoms. The Morgan fingerprint density at radius 2 is 1.38 bits per heavy atom. The van der Waals surface area contributed by atoms with E-state index in [2.05, 4.69) is 85.2 Å². The Hall–Kier alpha value is -1.96. The Labute approximate surface area is 205 Å². The highest BCUT2D eigenvalue weighted by Gasteiger charge is 2.37. The molecule has 2 bridgehead atoms. The van der Waals surface area contributed by atoms with Crippen molar-refractivity contribution in [1.82, 2.24) is 25.8 Å². The fraction of sp³-hybridized carbons (Fsp3) is 0.571. The van der Waals surface area contributed by atoms with Gasteiger partial charge >= 0.3 is 0 Å². The predicted octanol–water partition coefficient (Wildman–Crippen LogP) is 2.30. The Bertz CT molecular complexity index is 843. The molecule has 2 saturated heterocycles. The van der Waals surface area contributed by atoms with E-state index < -0.39 is 0 Å². The third-order valence-corrected chi connectivity index (χ3v) is 7.62. The molecule has 6 heteroatoms. The number of piperazine rings is 1. The van der Waals surface area contributed by atoms with Gasteiger partial charge in [0, 0.05) is 64.1 Å². The van der Waals surface area contributed by atoms with Crippen LogP contribution in [-0.4, -0.2) is 87.8 Å². The smallest absolute Gasteiger partial charge is 0.0890 e. The van der Waals surface area contributed by atoms with Gasteiger partial charge in [-0.1, -0.05) is 42.5 Å². The number of anilines is 1. The molecule has 6 rings (SSSR count). The first-order valence-corrected chi connectivity index (χ1v) is 13.4. The number of nitrogens with zero attached hydrogens (tertiary/aromatic N) is 3. The van der Waals surface area contributed by atoms with Gasteiger partial charge in [0.1, 0.15) is 0 Å². The van der Waals surface area contributed by atoms with E-state index >= 15 is 0 Å². The molecule has 0 amide bonds. The summed E-state index contributed by atoms with van der Waals surface area (Å²) in [4.78, 5) is 8.17. The summed E-state index contributed by atoms with van der Waals surface area (Å²) in [5, 5.41) is 10.9. The molecule has 2 aromatic rings. The minimum absolute atomic E-state index is 0.355. The third kappa shape index (κ3) is 5.99. The molecule has 0 saturated carbocycles. The van der Waals surface area contributed by atoms with Gasteiger partial charge in [-0.3, -0.25) is 9.80 Å². The number of hydrogen-bond acceptors (Lipinski definition) is 6. The van der Waals surface area contributed by atoms with E-state index in [9.17, 15) is 0 Å². The molecule has 0 aromatic heterocycles. The van der Waals surface area contributed by atoms with Crippen LogP contribution in [0, 0.1) is 0 Å². The van der Waals surface area contributed by atoms with Gasteiger partial charge in [0.15, 0.2) is 0 Å². The highest BCUT2D eigenvalue weighted by Crippen LogP contribution is 2.34. The van der Waals surface area contributed by atoms with Crippen LogP contribution in [0.2, 0.25) is 0 Å². The molecule has 0 aliphatic carbocycles. The lowest BCUT2D eigenvalue weighted by Crippen LogP contribution is -2.59. The molecule has 6 nitrogen and oxygen atoms in total. The van der Waals surface area contributed by atoms with Gasteiger partial charge in [-0.2, -0.15) is 0 Å². The fourth-order valence-corrected chi connectivity index (χ4v) is 5.83. The van der Waals surface area contributed by atoms with E-state index in [1.165, 1.54) is 29.7 Å².